The van der Waals surface area contributed by atoms with Crippen LogP contribution in [-0.4, -0.2) is 75.2 Å². The lowest BCUT2D eigenvalue weighted by Gasteiger charge is -2.33. The Morgan fingerprint density at radius 2 is 1.83 bits per heavy atom. The molecule has 1 N–H and O–H groups in total. The Labute approximate surface area is 146 Å². The van der Waals surface area contributed by atoms with E-state index in [-0.39, 0.29) is 11.9 Å². The molecule has 0 bridgehead atoms. The van der Waals surface area contributed by atoms with Crippen molar-refractivity contribution in [2.24, 2.45) is 16.8 Å². The summed E-state index contributed by atoms with van der Waals surface area (Å²) in [6.45, 7) is 8.70. The van der Waals surface area contributed by atoms with Gasteiger partial charge in [-0.1, -0.05) is 6.92 Å². The topological polar surface area (TPSA) is 57.2 Å². The summed E-state index contributed by atoms with van der Waals surface area (Å²) in [7, 11) is 3.30. The Balaban J connectivity index is 1.63. The zero-order valence-electron chi connectivity index (χ0n) is 15.6. The average molecular weight is 338 g/mol. The largest absolute Gasteiger partial charge is 0.469 e. The molecule has 2 aliphatic rings. The fourth-order valence-corrected chi connectivity index (χ4v) is 3.61. The Hall–Kier alpha value is -1.30. The molecule has 2 saturated heterocycles. The van der Waals surface area contributed by atoms with Crippen molar-refractivity contribution in [1.29, 1.82) is 0 Å². The third-order valence-electron chi connectivity index (χ3n) is 5.35. The number of piperidine rings is 2. The van der Waals surface area contributed by atoms with Gasteiger partial charge in [0.1, 0.15) is 0 Å². The first-order valence-corrected chi connectivity index (χ1v) is 9.39. The maximum atomic E-state index is 11.6. The van der Waals surface area contributed by atoms with Crippen molar-refractivity contribution in [2.45, 2.75) is 39.0 Å². The standard InChI is InChI=1S/C18H34N4O2/c1-15-5-11-21(12-6-15)10-4-9-20-18(19-2)22-13-7-16(8-14-22)17(23)24-3/h15-16H,4-14H2,1-3H3,(H,19,20). The minimum absolute atomic E-state index is 0.0471. The number of nitrogens with zero attached hydrogens (tertiary/aromatic N) is 3. The number of carbonyl (C=O) groups is 1. The van der Waals surface area contributed by atoms with Crippen LogP contribution >= 0.6 is 0 Å². The zero-order chi connectivity index (χ0) is 17.4. The normalized spacial score (nSPS) is 21.8. The van der Waals surface area contributed by atoms with Crippen molar-refractivity contribution in [3.05, 3.63) is 0 Å². The first kappa shape index (κ1) is 19.0. The van der Waals surface area contributed by atoms with E-state index in [1.54, 1.807) is 0 Å². The van der Waals surface area contributed by atoms with Gasteiger partial charge in [-0.2, -0.15) is 0 Å². The zero-order valence-corrected chi connectivity index (χ0v) is 15.6. The summed E-state index contributed by atoms with van der Waals surface area (Å²) in [6.07, 6.45) is 5.51. The number of carbonyl (C=O) groups excluding carboxylic acids is 1. The summed E-state index contributed by atoms with van der Waals surface area (Å²) in [4.78, 5) is 20.8. The van der Waals surface area contributed by atoms with Gasteiger partial charge in [0.15, 0.2) is 5.96 Å². The molecule has 0 aromatic heterocycles. The average Bonchev–Trinajstić information content (AvgIpc) is 2.63. The van der Waals surface area contributed by atoms with Crippen molar-refractivity contribution in [3.8, 4) is 0 Å². The van der Waals surface area contributed by atoms with E-state index < -0.39 is 0 Å². The number of ether oxygens (including phenoxy) is 1. The number of guanidine groups is 1. The number of nitrogens with one attached hydrogen (secondary N) is 1. The highest BCUT2D eigenvalue weighted by molar-refractivity contribution is 5.80. The lowest BCUT2D eigenvalue weighted by atomic mass is 9.97. The van der Waals surface area contributed by atoms with Crippen LogP contribution in [0.3, 0.4) is 0 Å². The number of esters is 1. The monoisotopic (exact) mass is 338 g/mol. The van der Waals surface area contributed by atoms with Gasteiger partial charge in [0.25, 0.3) is 0 Å². The van der Waals surface area contributed by atoms with Gasteiger partial charge in [-0.25, -0.2) is 0 Å². The second-order valence-electron chi connectivity index (χ2n) is 7.14. The molecule has 0 aromatic rings. The molecule has 24 heavy (non-hydrogen) atoms. The van der Waals surface area contributed by atoms with Crippen LogP contribution in [0.4, 0.5) is 0 Å². The van der Waals surface area contributed by atoms with E-state index in [4.69, 9.17) is 4.74 Å². The first-order chi connectivity index (χ1) is 11.6. The molecule has 2 rings (SSSR count). The van der Waals surface area contributed by atoms with Crippen LogP contribution in [0.15, 0.2) is 4.99 Å². The van der Waals surface area contributed by atoms with Crippen LogP contribution < -0.4 is 5.32 Å². The van der Waals surface area contributed by atoms with E-state index >= 15 is 0 Å². The van der Waals surface area contributed by atoms with Gasteiger partial charge in [-0.3, -0.25) is 9.79 Å². The van der Waals surface area contributed by atoms with Gasteiger partial charge in [0.05, 0.1) is 13.0 Å². The Bertz CT molecular complexity index is 411. The minimum Gasteiger partial charge on any atom is -0.469 e. The van der Waals surface area contributed by atoms with Gasteiger partial charge in [0, 0.05) is 26.7 Å². The smallest absolute Gasteiger partial charge is 0.308 e. The number of likely N-dealkylation sites (tertiary alicyclic amines) is 2. The maximum Gasteiger partial charge on any atom is 0.308 e. The fraction of sp³-hybridized carbons (Fsp3) is 0.889. The highest BCUT2D eigenvalue weighted by atomic mass is 16.5. The number of rotatable bonds is 5. The number of methoxy groups -OCH3 is 1. The summed E-state index contributed by atoms with van der Waals surface area (Å²) < 4.78 is 4.85. The molecule has 0 saturated carbocycles. The predicted molar refractivity (Wildman–Crippen MR) is 97.1 cm³/mol. The Morgan fingerprint density at radius 3 is 2.42 bits per heavy atom. The summed E-state index contributed by atoms with van der Waals surface area (Å²) in [6, 6.07) is 0. The molecule has 2 fully saturated rings. The second-order valence-corrected chi connectivity index (χ2v) is 7.14. The molecule has 138 valence electrons. The van der Waals surface area contributed by atoms with E-state index in [0.717, 1.165) is 50.8 Å². The molecule has 0 radical (unpaired) electrons. The molecule has 2 heterocycles. The predicted octanol–water partition coefficient (Wildman–Crippen LogP) is 1.57. The Morgan fingerprint density at radius 1 is 1.17 bits per heavy atom. The summed E-state index contributed by atoms with van der Waals surface area (Å²) in [5, 5.41) is 3.48. The molecule has 0 spiro atoms. The summed E-state index contributed by atoms with van der Waals surface area (Å²) in [5.41, 5.74) is 0. The van der Waals surface area contributed by atoms with Gasteiger partial charge < -0.3 is 19.9 Å². The van der Waals surface area contributed by atoms with E-state index in [0.29, 0.717) is 0 Å². The maximum absolute atomic E-state index is 11.6. The van der Waals surface area contributed by atoms with Crippen molar-refractivity contribution in [2.75, 3.05) is 53.4 Å². The van der Waals surface area contributed by atoms with Gasteiger partial charge in [-0.05, 0) is 57.7 Å². The highest BCUT2D eigenvalue weighted by Gasteiger charge is 2.26. The molecule has 0 aromatic carbocycles. The lowest BCUT2D eigenvalue weighted by molar-refractivity contribution is -0.146. The third-order valence-corrected chi connectivity index (χ3v) is 5.35. The van der Waals surface area contributed by atoms with Crippen molar-refractivity contribution < 1.29 is 9.53 Å². The lowest BCUT2D eigenvalue weighted by Crippen LogP contribution is -2.47. The number of aliphatic imine (C=N–C) groups is 1. The van der Waals surface area contributed by atoms with Gasteiger partial charge in [0.2, 0.25) is 0 Å². The van der Waals surface area contributed by atoms with Crippen LogP contribution in [0.2, 0.25) is 0 Å². The van der Waals surface area contributed by atoms with Crippen molar-refractivity contribution in [3.63, 3.8) is 0 Å². The van der Waals surface area contributed by atoms with Crippen molar-refractivity contribution in [1.82, 2.24) is 15.1 Å². The minimum atomic E-state index is -0.0755. The second kappa shape index (κ2) is 9.87. The van der Waals surface area contributed by atoms with Crippen LogP contribution in [0.5, 0.6) is 0 Å². The van der Waals surface area contributed by atoms with Gasteiger partial charge in [-0.15, -0.1) is 0 Å². The number of hydrogen-bond donors (Lipinski definition) is 1. The quantitative estimate of drug-likeness (QED) is 0.357. The molecule has 0 atom stereocenters. The van der Waals surface area contributed by atoms with E-state index in [1.165, 1.54) is 39.6 Å². The van der Waals surface area contributed by atoms with Gasteiger partial charge >= 0.3 is 5.97 Å². The molecule has 0 unspecified atom stereocenters. The van der Waals surface area contributed by atoms with Crippen LogP contribution in [0, 0.1) is 11.8 Å². The molecular formula is C18H34N4O2. The first-order valence-electron chi connectivity index (χ1n) is 9.39. The molecule has 0 aliphatic carbocycles. The molecule has 6 heteroatoms. The van der Waals surface area contributed by atoms with E-state index in [9.17, 15) is 4.79 Å². The van der Waals surface area contributed by atoms with E-state index in [1.807, 2.05) is 7.05 Å². The molecule has 6 nitrogen and oxygen atoms in total. The molecular weight excluding hydrogens is 304 g/mol. The van der Waals surface area contributed by atoms with E-state index in [2.05, 4.69) is 27.0 Å². The van der Waals surface area contributed by atoms with Crippen LogP contribution in [-0.2, 0) is 9.53 Å². The molecule has 0 amide bonds. The van der Waals surface area contributed by atoms with Crippen LogP contribution in [0.1, 0.15) is 39.0 Å². The van der Waals surface area contributed by atoms with Crippen molar-refractivity contribution >= 4 is 11.9 Å². The van der Waals surface area contributed by atoms with Crippen LogP contribution in [0.25, 0.3) is 0 Å². The number of hydrogen-bond acceptors (Lipinski definition) is 4. The molecule has 2 aliphatic heterocycles. The summed E-state index contributed by atoms with van der Waals surface area (Å²) in [5.74, 6) is 1.83. The SMILES string of the molecule is CN=C(NCCCN1CCC(C)CC1)N1CCC(C(=O)OC)CC1. The highest BCUT2D eigenvalue weighted by Crippen LogP contribution is 2.18. The third kappa shape index (κ3) is 5.65. The fourth-order valence-electron chi connectivity index (χ4n) is 3.61. The Kier molecular flexibility index (Phi) is 7.82. The summed E-state index contributed by atoms with van der Waals surface area (Å²) >= 11 is 0.